The van der Waals surface area contributed by atoms with E-state index in [0.717, 1.165) is 12.0 Å². The lowest BCUT2D eigenvalue weighted by atomic mass is 9.92. The summed E-state index contributed by atoms with van der Waals surface area (Å²) < 4.78 is 22.3. The van der Waals surface area contributed by atoms with Gasteiger partial charge in [0.05, 0.1) is 12.5 Å². The first-order valence-corrected chi connectivity index (χ1v) is 10.8. The summed E-state index contributed by atoms with van der Waals surface area (Å²) >= 11 is 0. The minimum atomic E-state index is -0.750. The van der Waals surface area contributed by atoms with E-state index < -0.39 is 23.5 Å². The molecule has 0 spiro atoms. The van der Waals surface area contributed by atoms with Gasteiger partial charge in [-0.1, -0.05) is 13.8 Å². The van der Waals surface area contributed by atoms with Crippen LogP contribution in [0.25, 0.3) is 11.0 Å². The number of esters is 1. The number of hydrogen-bond donors (Lipinski definition) is 1. The summed E-state index contributed by atoms with van der Waals surface area (Å²) in [7, 11) is 1.29. The smallest absolute Gasteiger partial charge is 0.336 e. The topological polar surface area (TPSA) is 104 Å². The Kier molecular flexibility index (Phi) is 6.81. The maximum atomic E-state index is 12.5. The second kappa shape index (κ2) is 9.22. The predicted octanol–water partition coefficient (Wildman–Crippen LogP) is 3.29. The van der Waals surface area contributed by atoms with Crippen LogP contribution in [0.5, 0.6) is 11.5 Å². The number of carbonyl (C=O) groups excluding carboxylic acids is 2. The highest BCUT2D eigenvalue weighted by molar-refractivity contribution is 5.92. The molecule has 1 N–H and O–H groups in total. The number of aryl methyl sites for hydroxylation is 2. The van der Waals surface area contributed by atoms with E-state index in [4.69, 9.17) is 18.6 Å². The lowest BCUT2D eigenvalue weighted by molar-refractivity contribution is -0.145. The van der Waals surface area contributed by atoms with Gasteiger partial charge in [0.1, 0.15) is 28.7 Å². The Labute approximate surface area is 187 Å². The van der Waals surface area contributed by atoms with Crippen molar-refractivity contribution in [2.24, 2.45) is 5.92 Å². The molecule has 0 saturated carbocycles. The lowest BCUT2D eigenvalue weighted by Crippen LogP contribution is -2.44. The van der Waals surface area contributed by atoms with Crippen LogP contribution in [0.1, 0.15) is 51.7 Å². The quantitative estimate of drug-likeness (QED) is 0.515. The molecule has 1 aromatic carbocycles. The van der Waals surface area contributed by atoms with Crippen LogP contribution in [0.4, 0.5) is 0 Å². The van der Waals surface area contributed by atoms with Gasteiger partial charge in [0.25, 0.3) is 5.91 Å². The van der Waals surface area contributed by atoms with Crippen LogP contribution in [0.15, 0.2) is 21.3 Å². The van der Waals surface area contributed by atoms with Gasteiger partial charge in [0.15, 0.2) is 6.61 Å². The van der Waals surface area contributed by atoms with Gasteiger partial charge >= 0.3 is 11.6 Å². The van der Waals surface area contributed by atoms with Crippen molar-refractivity contribution in [2.45, 2.75) is 65.5 Å². The van der Waals surface area contributed by atoms with Crippen molar-refractivity contribution in [2.75, 3.05) is 13.7 Å². The molecule has 0 aliphatic carbocycles. The molecule has 8 heteroatoms. The second-order valence-electron chi connectivity index (χ2n) is 9.23. The summed E-state index contributed by atoms with van der Waals surface area (Å²) in [6.07, 6.45) is 1.93. The monoisotopic (exact) mass is 445 g/mol. The SMILES string of the molecule is COC(=O)[C@H](CC(C)C)NC(=O)COc1cc2c(c3oc(=O)cc(C)c13)CCC(C)(C)O2. The van der Waals surface area contributed by atoms with Crippen LogP contribution < -0.4 is 20.4 Å². The van der Waals surface area contributed by atoms with Crippen molar-refractivity contribution in [3.05, 3.63) is 33.7 Å². The number of fused-ring (bicyclic) bond motifs is 3. The fraction of sp³-hybridized carbons (Fsp3) is 0.542. The number of amides is 1. The van der Waals surface area contributed by atoms with E-state index in [0.29, 0.717) is 40.9 Å². The highest BCUT2D eigenvalue weighted by Crippen LogP contribution is 2.42. The molecule has 8 nitrogen and oxygen atoms in total. The summed E-state index contributed by atoms with van der Waals surface area (Å²) in [5.74, 6) is 0.190. The van der Waals surface area contributed by atoms with Crippen LogP contribution in [-0.4, -0.2) is 37.2 Å². The van der Waals surface area contributed by atoms with Crippen LogP contribution >= 0.6 is 0 Å². The molecular weight excluding hydrogens is 414 g/mol. The first-order valence-electron chi connectivity index (χ1n) is 10.8. The van der Waals surface area contributed by atoms with Gasteiger partial charge in [-0.25, -0.2) is 9.59 Å². The van der Waals surface area contributed by atoms with Crippen molar-refractivity contribution in [3.63, 3.8) is 0 Å². The Balaban J connectivity index is 1.89. The van der Waals surface area contributed by atoms with Gasteiger partial charge in [-0.3, -0.25) is 4.79 Å². The average Bonchev–Trinajstić information content (AvgIpc) is 2.69. The summed E-state index contributed by atoms with van der Waals surface area (Å²) in [5, 5.41) is 3.30. The number of benzene rings is 1. The number of ether oxygens (including phenoxy) is 3. The third kappa shape index (κ3) is 5.23. The normalized spacial score (nSPS) is 15.6. The van der Waals surface area contributed by atoms with E-state index in [2.05, 4.69) is 5.32 Å². The Bertz CT molecular complexity index is 1080. The summed E-state index contributed by atoms with van der Waals surface area (Å²) in [5.41, 5.74) is 1.10. The molecule has 0 bridgehead atoms. The van der Waals surface area contributed by atoms with Gasteiger partial charge in [-0.05, 0) is 51.5 Å². The molecule has 32 heavy (non-hydrogen) atoms. The fourth-order valence-electron chi connectivity index (χ4n) is 3.94. The van der Waals surface area contributed by atoms with E-state index in [9.17, 15) is 14.4 Å². The Morgan fingerprint density at radius 3 is 2.62 bits per heavy atom. The van der Waals surface area contributed by atoms with Crippen LogP contribution in [0.3, 0.4) is 0 Å². The van der Waals surface area contributed by atoms with Crippen molar-refractivity contribution >= 4 is 22.8 Å². The number of methoxy groups -OCH3 is 1. The summed E-state index contributed by atoms with van der Waals surface area (Å²) in [6.45, 7) is 9.36. The molecule has 1 amide bonds. The van der Waals surface area contributed by atoms with E-state index in [-0.39, 0.29) is 18.1 Å². The number of carbonyl (C=O) groups is 2. The number of hydrogen-bond acceptors (Lipinski definition) is 7. The minimum absolute atomic E-state index is 0.191. The molecule has 1 aliphatic heterocycles. The van der Waals surface area contributed by atoms with Gasteiger partial charge < -0.3 is 23.9 Å². The molecule has 1 atom stereocenters. The van der Waals surface area contributed by atoms with Crippen molar-refractivity contribution < 1.29 is 28.2 Å². The Morgan fingerprint density at radius 2 is 1.97 bits per heavy atom. The van der Waals surface area contributed by atoms with Gasteiger partial charge in [0, 0.05) is 17.7 Å². The van der Waals surface area contributed by atoms with Gasteiger partial charge in [-0.15, -0.1) is 0 Å². The van der Waals surface area contributed by atoms with Crippen molar-refractivity contribution in [1.29, 1.82) is 0 Å². The Hall–Kier alpha value is -3.03. The largest absolute Gasteiger partial charge is 0.487 e. The maximum Gasteiger partial charge on any atom is 0.336 e. The molecule has 0 fully saturated rings. The highest BCUT2D eigenvalue weighted by Gasteiger charge is 2.31. The third-order valence-corrected chi connectivity index (χ3v) is 5.49. The maximum absolute atomic E-state index is 12.5. The highest BCUT2D eigenvalue weighted by atomic mass is 16.5. The molecule has 3 rings (SSSR count). The lowest BCUT2D eigenvalue weighted by Gasteiger charge is -2.33. The molecule has 2 aromatic rings. The third-order valence-electron chi connectivity index (χ3n) is 5.49. The molecule has 174 valence electrons. The van der Waals surface area contributed by atoms with Crippen molar-refractivity contribution in [1.82, 2.24) is 5.32 Å². The van der Waals surface area contributed by atoms with Crippen molar-refractivity contribution in [3.8, 4) is 11.5 Å². The Morgan fingerprint density at radius 1 is 1.25 bits per heavy atom. The van der Waals surface area contributed by atoms with Gasteiger partial charge in [0.2, 0.25) is 0 Å². The zero-order valence-electron chi connectivity index (χ0n) is 19.5. The molecule has 0 unspecified atom stereocenters. The van der Waals surface area contributed by atoms with Crippen LogP contribution in [-0.2, 0) is 20.7 Å². The summed E-state index contributed by atoms with van der Waals surface area (Å²) in [4.78, 5) is 36.6. The standard InChI is InChI=1S/C24H31NO7/c1-13(2)9-16(23(28)29-6)25-19(26)12-30-18-11-17-15(7-8-24(4,5)32-17)22-21(18)14(3)10-20(27)31-22/h10-11,13,16H,7-9,12H2,1-6H3,(H,25,26)/t16-/m0/s1. The minimum Gasteiger partial charge on any atom is -0.487 e. The second-order valence-corrected chi connectivity index (χ2v) is 9.23. The molecule has 1 aromatic heterocycles. The summed E-state index contributed by atoms with van der Waals surface area (Å²) in [6, 6.07) is 2.39. The first-order chi connectivity index (χ1) is 15.0. The molecule has 0 radical (unpaired) electrons. The van der Waals surface area contributed by atoms with E-state index in [1.165, 1.54) is 13.2 Å². The van der Waals surface area contributed by atoms with Crippen LogP contribution in [0.2, 0.25) is 0 Å². The molecule has 2 heterocycles. The molecule has 0 saturated heterocycles. The van der Waals surface area contributed by atoms with Gasteiger partial charge in [-0.2, -0.15) is 0 Å². The van der Waals surface area contributed by atoms with E-state index in [1.54, 1.807) is 13.0 Å². The number of rotatable bonds is 7. The van der Waals surface area contributed by atoms with E-state index in [1.807, 2.05) is 27.7 Å². The average molecular weight is 446 g/mol. The van der Waals surface area contributed by atoms with Crippen LogP contribution in [0, 0.1) is 12.8 Å². The predicted molar refractivity (Wildman–Crippen MR) is 119 cm³/mol. The number of nitrogens with one attached hydrogen (secondary N) is 1. The molecular formula is C24H31NO7. The van der Waals surface area contributed by atoms with E-state index >= 15 is 0 Å². The fourth-order valence-corrected chi connectivity index (χ4v) is 3.94. The molecule has 1 aliphatic rings. The zero-order chi connectivity index (χ0) is 23.6. The first kappa shape index (κ1) is 23.6. The zero-order valence-corrected chi connectivity index (χ0v) is 19.5.